The van der Waals surface area contributed by atoms with Crippen molar-refractivity contribution in [3.63, 3.8) is 0 Å². The molecule has 1 aliphatic rings. The molecule has 1 N–H and O–H groups in total. The molecule has 0 aromatic rings. The van der Waals surface area contributed by atoms with Crippen LogP contribution >= 0.6 is 0 Å². The second-order valence-corrected chi connectivity index (χ2v) is 7.61. The number of likely N-dealkylation sites (N-methyl/N-ethyl adjacent to an activating group) is 1. The van der Waals surface area contributed by atoms with E-state index in [9.17, 15) is 0 Å². The molecular weight excluding hydrogens is 256 g/mol. The summed E-state index contributed by atoms with van der Waals surface area (Å²) in [5.74, 6) is 1.79. The van der Waals surface area contributed by atoms with Crippen LogP contribution in [0.2, 0.25) is 0 Å². The van der Waals surface area contributed by atoms with Crippen LogP contribution < -0.4 is 5.32 Å². The summed E-state index contributed by atoms with van der Waals surface area (Å²) in [5.41, 5.74) is 0.379. The summed E-state index contributed by atoms with van der Waals surface area (Å²) in [4.78, 5) is 2.55. The SMILES string of the molecule is CCCNC(CC(CC)CC)C1(N(C)C)CCC(C)CC1. The van der Waals surface area contributed by atoms with Crippen molar-refractivity contribution >= 4 is 0 Å². The molecule has 1 fully saturated rings. The molecule has 1 rings (SSSR count). The third-order valence-corrected chi connectivity index (χ3v) is 6.04. The summed E-state index contributed by atoms with van der Waals surface area (Å²) in [6.07, 6.45) is 10.7. The lowest BCUT2D eigenvalue weighted by atomic mass is 9.69. The molecule has 0 radical (unpaired) electrons. The van der Waals surface area contributed by atoms with Crippen molar-refractivity contribution in [1.82, 2.24) is 10.2 Å². The summed E-state index contributed by atoms with van der Waals surface area (Å²) in [6.45, 7) is 10.6. The lowest BCUT2D eigenvalue weighted by molar-refractivity contribution is 0.0338. The van der Waals surface area contributed by atoms with E-state index in [-0.39, 0.29) is 0 Å². The van der Waals surface area contributed by atoms with Gasteiger partial charge in [0.15, 0.2) is 0 Å². The van der Waals surface area contributed by atoms with Crippen LogP contribution in [-0.2, 0) is 0 Å². The van der Waals surface area contributed by atoms with Gasteiger partial charge in [0.25, 0.3) is 0 Å². The summed E-state index contributed by atoms with van der Waals surface area (Å²) < 4.78 is 0. The second kappa shape index (κ2) is 9.15. The van der Waals surface area contributed by atoms with E-state index in [4.69, 9.17) is 0 Å². The Bertz CT molecular complexity index is 263. The van der Waals surface area contributed by atoms with Gasteiger partial charge in [-0.2, -0.15) is 0 Å². The highest BCUT2D eigenvalue weighted by molar-refractivity contribution is 5.02. The Hall–Kier alpha value is -0.0800. The Kier molecular flexibility index (Phi) is 8.26. The molecule has 2 nitrogen and oxygen atoms in total. The van der Waals surface area contributed by atoms with Crippen molar-refractivity contribution in [2.45, 2.75) is 90.6 Å². The Morgan fingerprint density at radius 3 is 2.10 bits per heavy atom. The first-order chi connectivity index (χ1) is 10.00. The minimum Gasteiger partial charge on any atom is -0.312 e. The van der Waals surface area contributed by atoms with Crippen molar-refractivity contribution in [3.8, 4) is 0 Å². The molecule has 0 bridgehead atoms. The molecule has 1 atom stereocenters. The summed E-state index contributed by atoms with van der Waals surface area (Å²) in [7, 11) is 4.62. The highest BCUT2D eigenvalue weighted by Gasteiger charge is 2.43. The molecule has 0 aromatic heterocycles. The normalized spacial score (nSPS) is 28.3. The maximum Gasteiger partial charge on any atom is 0.0356 e. The van der Waals surface area contributed by atoms with Gasteiger partial charge in [0.1, 0.15) is 0 Å². The van der Waals surface area contributed by atoms with Gasteiger partial charge < -0.3 is 10.2 Å². The van der Waals surface area contributed by atoms with Gasteiger partial charge in [-0.3, -0.25) is 0 Å². The smallest absolute Gasteiger partial charge is 0.0356 e. The quantitative estimate of drug-likeness (QED) is 0.664. The van der Waals surface area contributed by atoms with Crippen molar-refractivity contribution in [2.24, 2.45) is 11.8 Å². The van der Waals surface area contributed by atoms with Gasteiger partial charge in [-0.1, -0.05) is 40.5 Å². The van der Waals surface area contributed by atoms with E-state index in [2.05, 4.69) is 52.0 Å². The van der Waals surface area contributed by atoms with Crippen LogP contribution in [-0.4, -0.2) is 37.1 Å². The zero-order chi connectivity index (χ0) is 15.9. The van der Waals surface area contributed by atoms with E-state index in [1.54, 1.807) is 0 Å². The summed E-state index contributed by atoms with van der Waals surface area (Å²) >= 11 is 0. The first-order valence-corrected chi connectivity index (χ1v) is 9.40. The van der Waals surface area contributed by atoms with Crippen LogP contribution in [0.3, 0.4) is 0 Å². The average molecular weight is 297 g/mol. The van der Waals surface area contributed by atoms with Gasteiger partial charge in [0.05, 0.1) is 0 Å². The maximum atomic E-state index is 3.93. The minimum absolute atomic E-state index is 0.379. The Morgan fingerprint density at radius 1 is 1.10 bits per heavy atom. The zero-order valence-electron chi connectivity index (χ0n) is 15.5. The molecule has 0 saturated heterocycles. The predicted molar refractivity (Wildman–Crippen MR) is 94.8 cm³/mol. The maximum absolute atomic E-state index is 3.93. The molecule has 0 aliphatic heterocycles. The Morgan fingerprint density at radius 2 is 1.67 bits per heavy atom. The van der Waals surface area contributed by atoms with Crippen LogP contribution in [0.1, 0.15) is 79.1 Å². The van der Waals surface area contributed by atoms with Gasteiger partial charge in [-0.25, -0.2) is 0 Å². The molecule has 0 amide bonds. The fraction of sp³-hybridized carbons (Fsp3) is 1.00. The fourth-order valence-corrected chi connectivity index (χ4v) is 4.14. The lowest BCUT2D eigenvalue weighted by Gasteiger charge is -2.51. The standard InChI is InChI=1S/C19H40N2/c1-7-14-20-18(15-17(8-2)9-3)19(21(5)6)12-10-16(4)11-13-19/h16-18,20H,7-15H2,1-6H3. The molecule has 0 aromatic carbocycles. The van der Waals surface area contributed by atoms with Crippen LogP contribution in [0.15, 0.2) is 0 Å². The number of nitrogens with zero attached hydrogens (tertiary/aromatic N) is 1. The first kappa shape index (κ1) is 19.0. The zero-order valence-corrected chi connectivity index (χ0v) is 15.5. The van der Waals surface area contributed by atoms with Crippen LogP contribution in [0.25, 0.3) is 0 Å². The third-order valence-electron chi connectivity index (χ3n) is 6.04. The largest absolute Gasteiger partial charge is 0.312 e. The molecule has 1 unspecified atom stereocenters. The van der Waals surface area contributed by atoms with E-state index >= 15 is 0 Å². The first-order valence-electron chi connectivity index (χ1n) is 9.40. The Balaban J connectivity index is 2.89. The molecule has 0 heterocycles. The Labute approximate surface area is 134 Å². The van der Waals surface area contributed by atoms with Gasteiger partial charge in [-0.15, -0.1) is 0 Å². The van der Waals surface area contributed by atoms with Crippen molar-refractivity contribution in [2.75, 3.05) is 20.6 Å². The molecule has 1 aliphatic carbocycles. The van der Waals surface area contributed by atoms with Crippen LogP contribution in [0.5, 0.6) is 0 Å². The highest BCUT2D eigenvalue weighted by Crippen LogP contribution is 2.40. The second-order valence-electron chi connectivity index (χ2n) is 7.61. The van der Waals surface area contributed by atoms with Gasteiger partial charge in [0.2, 0.25) is 0 Å². The number of hydrogen-bond donors (Lipinski definition) is 1. The fourth-order valence-electron chi connectivity index (χ4n) is 4.14. The predicted octanol–water partition coefficient (Wildman–Crippen LogP) is 4.69. The van der Waals surface area contributed by atoms with Gasteiger partial charge in [0, 0.05) is 11.6 Å². The van der Waals surface area contributed by atoms with Crippen LogP contribution in [0, 0.1) is 11.8 Å². The number of nitrogens with one attached hydrogen (secondary N) is 1. The number of hydrogen-bond acceptors (Lipinski definition) is 2. The average Bonchev–Trinajstić information content (AvgIpc) is 2.48. The molecule has 0 spiro atoms. The summed E-state index contributed by atoms with van der Waals surface area (Å²) in [5, 5.41) is 3.93. The van der Waals surface area contributed by atoms with Crippen molar-refractivity contribution < 1.29 is 0 Å². The minimum atomic E-state index is 0.379. The van der Waals surface area contributed by atoms with Crippen LogP contribution in [0.4, 0.5) is 0 Å². The van der Waals surface area contributed by atoms with E-state index in [1.807, 2.05) is 0 Å². The van der Waals surface area contributed by atoms with Gasteiger partial charge >= 0.3 is 0 Å². The third kappa shape index (κ3) is 4.96. The summed E-state index contributed by atoms with van der Waals surface area (Å²) in [6, 6.07) is 0.657. The molecule has 2 heteroatoms. The molecular formula is C19H40N2. The van der Waals surface area contributed by atoms with E-state index < -0.39 is 0 Å². The molecule has 126 valence electrons. The van der Waals surface area contributed by atoms with Crippen molar-refractivity contribution in [1.29, 1.82) is 0 Å². The molecule has 21 heavy (non-hydrogen) atoms. The monoisotopic (exact) mass is 296 g/mol. The van der Waals surface area contributed by atoms with Crippen molar-refractivity contribution in [3.05, 3.63) is 0 Å². The highest BCUT2D eigenvalue weighted by atomic mass is 15.2. The molecule has 1 saturated carbocycles. The van der Waals surface area contributed by atoms with E-state index in [0.29, 0.717) is 11.6 Å². The lowest BCUT2D eigenvalue weighted by Crippen LogP contribution is -2.61. The van der Waals surface area contributed by atoms with E-state index in [1.165, 1.54) is 51.4 Å². The van der Waals surface area contributed by atoms with Gasteiger partial charge in [-0.05, 0) is 71.0 Å². The van der Waals surface area contributed by atoms with E-state index in [0.717, 1.165) is 18.4 Å². The topological polar surface area (TPSA) is 15.3 Å². The number of rotatable bonds is 9.